The molecule has 1 heterocycles. The first-order valence-electron chi connectivity index (χ1n) is 8.71. The van der Waals surface area contributed by atoms with E-state index in [9.17, 15) is 13.6 Å². The Balaban J connectivity index is 1.59. The molecule has 0 radical (unpaired) electrons. The van der Waals surface area contributed by atoms with E-state index < -0.39 is 17.5 Å². The summed E-state index contributed by atoms with van der Waals surface area (Å²) in [7, 11) is 1.54. The highest BCUT2D eigenvalue weighted by molar-refractivity contribution is 5.94. The Morgan fingerprint density at radius 2 is 2.04 bits per heavy atom. The molecule has 1 fully saturated rings. The van der Waals surface area contributed by atoms with E-state index in [2.05, 4.69) is 5.32 Å². The van der Waals surface area contributed by atoms with Gasteiger partial charge in [0.05, 0.1) is 13.2 Å². The maximum atomic E-state index is 13.2. The number of ether oxygens (including phenoxy) is 3. The average Bonchev–Trinajstić information content (AvgIpc) is 3.20. The fourth-order valence-electron chi connectivity index (χ4n) is 2.82. The molecule has 1 aliphatic rings. The van der Waals surface area contributed by atoms with Crippen molar-refractivity contribution in [3.8, 4) is 11.5 Å². The molecule has 0 spiro atoms. The van der Waals surface area contributed by atoms with Crippen LogP contribution in [0.15, 0.2) is 36.4 Å². The van der Waals surface area contributed by atoms with Gasteiger partial charge in [-0.05, 0) is 48.7 Å². The fraction of sp³-hybridized carbons (Fsp3) is 0.350. The first-order valence-corrected chi connectivity index (χ1v) is 8.71. The van der Waals surface area contributed by atoms with Crippen molar-refractivity contribution in [3.05, 3.63) is 59.2 Å². The molecule has 2 aromatic rings. The molecule has 1 atom stereocenters. The summed E-state index contributed by atoms with van der Waals surface area (Å²) in [6.07, 6.45) is 2.13. The summed E-state index contributed by atoms with van der Waals surface area (Å²) in [4.78, 5) is 12.1. The minimum atomic E-state index is -1.06. The first kappa shape index (κ1) is 19.1. The third-order valence-electron chi connectivity index (χ3n) is 4.31. The standard InChI is InChI=1S/C20H21F2NO4/c1-25-19-9-13(4-7-18(19)27-12-15-3-2-8-26-15)11-23-20(24)14-5-6-16(21)17(22)10-14/h4-7,9-10,15H,2-3,8,11-12H2,1H3,(H,23,24)/t15-/m0/s1. The van der Waals surface area contributed by atoms with E-state index in [0.717, 1.165) is 37.1 Å². The van der Waals surface area contributed by atoms with E-state index >= 15 is 0 Å². The van der Waals surface area contributed by atoms with Crippen LogP contribution < -0.4 is 14.8 Å². The van der Waals surface area contributed by atoms with Gasteiger partial charge in [-0.25, -0.2) is 8.78 Å². The van der Waals surface area contributed by atoms with Crippen LogP contribution in [0.4, 0.5) is 8.78 Å². The maximum Gasteiger partial charge on any atom is 0.251 e. The largest absolute Gasteiger partial charge is 0.493 e. The van der Waals surface area contributed by atoms with Crippen molar-refractivity contribution in [2.24, 2.45) is 0 Å². The van der Waals surface area contributed by atoms with Gasteiger partial charge in [0.2, 0.25) is 0 Å². The number of halogens is 2. The van der Waals surface area contributed by atoms with Gasteiger partial charge in [0.15, 0.2) is 23.1 Å². The number of rotatable bonds is 7. The monoisotopic (exact) mass is 377 g/mol. The highest BCUT2D eigenvalue weighted by Gasteiger charge is 2.17. The van der Waals surface area contributed by atoms with E-state index in [1.807, 2.05) is 0 Å². The molecular weight excluding hydrogens is 356 g/mol. The van der Waals surface area contributed by atoms with Gasteiger partial charge in [0, 0.05) is 18.7 Å². The first-order chi connectivity index (χ1) is 13.1. The Morgan fingerprint density at radius 3 is 2.74 bits per heavy atom. The number of hydrogen-bond acceptors (Lipinski definition) is 4. The number of hydrogen-bond donors (Lipinski definition) is 1. The van der Waals surface area contributed by atoms with E-state index in [4.69, 9.17) is 14.2 Å². The highest BCUT2D eigenvalue weighted by atomic mass is 19.2. The zero-order valence-corrected chi connectivity index (χ0v) is 15.0. The Morgan fingerprint density at radius 1 is 1.19 bits per heavy atom. The molecule has 0 saturated carbocycles. The van der Waals surface area contributed by atoms with Crippen molar-refractivity contribution in [3.63, 3.8) is 0 Å². The van der Waals surface area contributed by atoms with Gasteiger partial charge < -0.3 is 19.5 Å². The predicted molar refractivity (Wildman–Crippen MR) is 95.0 cm³/mol. The topological polar surface area (TPSA) is 56.8 Å². The smallest absolute Gasteiger partial charge is 0.251 e. The quantitative estimate of drug-likeness (QED) is 0.803. The van der Waals surface area contributed by atoms with Gasteiger partial charge in [0.25, 0.3) is 5.91 Å². The van der Waals surface area contributed by atoms with Crippen LogP contribution in [-0.4, -0.2) is 32.3 Å². The Labute approximate surface area is 156 Å². The molecule has 0 unspecified atom stereocenters. The van der Waals surface area contributed by atoms with E-state index in [0.29, 0.717) is 18.1 Å². The zero-order chi connectivity index (χ0) is 19.2. The van der Waals surface area contributed by atoms with Crippen molar-refractivity contribution < 1.29 is 27.8 Å². The van der Waals surface area contributed by atoms with E-state index in [1.54, 1.807) is 18.2 Å². The molecule has 0 aliphatic carbocycles. The highest BCUT2D eigenvalue weighted by Crippen LogP contribution is 2.29. The van der Waals surface area contributed by atoms with E-state index in [1.165, 1.54) is 13.2 Å². The summed E-state index contributed by atoms with van der Waals surface area (Å²) < 4.78 is 42.8. The molecule has 2 aromatic carbocycles. The lowest BCUT2D eigenvalue weighted by Gasteiger charge is -2.15. The van der Waals surface area contributed by atoms with Crippen molar-refractivity contribution in [1.29, 1.82) is 0 Å². The van der Waals surface area contributed by atoms with Crippen molar-refractivity contribution in [2.75, 3.05) is 20.3 Å². The van der Waals surface area contributed by atoms with Gasteiger partial charge >= 0.3 is 0 Å². The van der Waals surface area contributed by atoms with Crippen LogP contribution in [0.5, 0.6) is 11.5 Å². The van der Waals surface area contributed by atoms with Gasteiger partial charge in [-0.3, -0.25) is 4.79 Å². The number of carbonyl (C=O) groups is 1. The molecule has 27 heavy (non-hydrogen) atoms. The van der Waals surface area contributed by atoms with Crippen molar-refractivity contribution in [2.45, 2.75) is 25.5 Å². The van der Waals surface area contributed by atoms with Crippen LogP contribution in [0.25, 0.3) is 0 Å². The second-order valence-corrected chi connectivity index (χ2v) is 6.24. The van der Waals surface area contributed by atoms with Gasteiger partial charge in [-0.1, -0.05) is 6.07 Å². The lowest BCUT2D eigenvalue weighted by atomic mass is 10.1. The second kappa shape index (κ2) is 8.81. The minimum Gasteiger partial charge on any atom is -0.493 e. The van der Waals surface area contributed by atoms with Crippen LogP contribution >= 0.6 is 0 Å². The average molecular weight is 377 g/mol. The molecule has 1 aliphatic heterocycles. The van der Waals surface area contributed by atoms with Gasteiger partial charge in [-0.15, -0.1) is 0 Å². The molecule has 7 heteroatoms. The fourth-order valence-corrected chi connectivity index (χ4v) is 2.82. The van der Waals surface area contributed by atoms with Crippen LogP contribution in [0.2, 0.25) is 0 Å². The van der Waals surface area contributed by atoms with Gasteiger partial charge in [-0.2, -0.15) is 0 Å². The van der Waals surface area contributed by atoms with Crippen LogP contribution in [0, 0.1) is 11.6 Å². The summed E-state index contributed by atoms with van der Waals surface area (Å²) >= 11 is 0. The third-order valence-corrected chi connectivity index (χ3v) is 4.31. The number of carbonyl (C=O) groups excluding carboxylic acids is 1. The van der Waals surface area contributed by atoms with Crippen LogP contribution in [0.3, 0.4) is 0 Å². The summed E-state index contributed by atoms with van der Waals surface area (Å²) in [5.74, 6) is -1.39. The maximum absolute atomic E-state index is 13.2. The zero-order valence-electron chi connectivity index (χ0n) is 15.0. The summed E-state index contributed by atoms with van der Waals surface area (Å²) in [6, 6.07) is 8.36. The van der Waals surface area contributed by atoms with Crippen LogP contribution in [0.1, 0.15) is 28.8 Å². The molecule has 1 N–H and O–H groups in total. The second-order valence-electron chi connectivity index (χ2n) is 6.24. The number of methoxy groups -OCH3 is 1. The van der Waals surface area contributed by atoms with Crippen LogP contribution in [-0.2, 0) is 11.3 Å². The van der Waals surface area contributed by atoms with E-state index in [-0.39, 0.29) is 18.2 Å². The number of amides is 1. The summed E-state index contributed by atoms with van der Waals surface area (Å²) in [5.41, 5.74) is 0.838. The Bertz CT molecular complexity index is 807. The molecule has 1 saturated heterocycles. The third kappa shape index (κ3) is 4.95. The molecule has 1 amide bonds. The molecule has 0 bridgehead atoms. The molecule has 3 rings (SSSR count). The molecular formula is C20H21F2NO4. The Hall–Kier alpha value is -2.67. The predicted octanol–water partition coefficient (Wildman–Crippen LogP) is 3.46. The normalized spacial score (nSPS) is 16.2. The van der Waals surface area contributed by atoms with Gasteiger partial charge in [0.1, 0.15) is 6.61 Å². The summed E-state index contributed by atoms with van der Waals surface area (Å²) in [5, 5.41) is 2.67. The number of benzene rings is 2. The lowest BCUT2D eigenvalue weighted by molar-refractivity contribution is 0.0669. The number of nitrogens with one attached hydrogen (secondary N) is 1. The molecule has 0 aromatic heterocycles. The summed E-state index contributed by atoms with van der Waals surface area (Å²) in [6.45, 7) is 1.44. The van der Waals surface area contributed by atoms with Crippen molar-refractivity contribution in [1.82, 2.24) is 5.32 Å². The SMILES string of the molecule is COc1cc(CNC(=O)c2ccc(F)c(F)c2)ccc1OC[C@@H]1CCCO1. The molecule has 144 valence electrons. The lowest BCUT2D eigenvalue weighted by Crippen LogP contribution is -2.23. The molecule has 5 nitrogen and oxygen atoms in total. The van der Waals surface area contributed by atoms with Crippen molar-refractivity contribution >= 4 is 5.91 Å². The minimum absolute atomic E-state index is 0.0531. The Kier molecular flexibility index (Phi) is 6.24.